The number of rotatable bonds is 4. The van der Waals surface area contributed by atoms with Gasteiger partial charge in [0.2, 0.25) is 0 Å². The molecule has 1 aromatic carbocycles. The van der Waals surface area contributed by atoms with E-state index in [-0.39, 0.29) is 11.7 Å². The average Bonchev–Trinajstić information content (AvgIpc) is 3.28. The van der Waals surface area contributed by atoms with E-state index in [1.165, 1.54) is 34.8 Å². The minimum atomic E-state index is -0.264. The van der Waals surface area contributed by atoms with Crippen molar-refractivity contribution < 1.29 is 9.18 Å². The molecular weight excluding hydrogens is 383 g/mol. The Bertz CT molecular complexity index is 1140. The molecule has 0 bridgehead atoms. The molecule has 1 N–H and O–H groups in total. The number of aromatic nitrogens is 3. The van der Waals surface area contributed by atoms with Crippen molar-refractivity contribution in [1.82, 2.24) is 19.7 Å². The number of nitrogens with zero attached hydrogens (tertiary/aromatic N) is 3. The van der Waals surface area contributed by atoms with E-state index in [1.807, 2.05) is 31.4 Å². The number of carbonyl (C=O) groups is 1. The van der Waals surface area contributed by atoms with Gasteiger partial charge < -0.3 is 5.32 Å². The van der Waals surface area contributed by atoms with Crippen molar-refractivity contribution in [2.24, 2.45) is 0 Å². The molecule has 0 spiro atoms. The summed E-state index contributed by atoms with van der Waals surface area (Å²) < 4.78 is 15.1. The highest BCUT2D eigenvalue weighted by atomic mass is 32.1. The van der Waals surface area contributed by atoms with E-state index in [0.29, 0.717) is 11.4 Å². The number of aryl methyl sites for hydroxylation is 3. The van der Waals surface area contributed by atoms with Crippen LogP contribution >= 0.6 is 22.7 Å². The van der Waals surface area contributed by atoms with Crippen LogP contribution in [0.25, 0.3) is 16.2 Å². The summed E-state index contributed by atoms with van der Waals surface area (Å²) in [5, 5.41) is 3.86. The summed E-state index contributed by atoms with van der Waals surface area (Å²) in [6.07, 6.45) is 1.94. The van der Waals surface area contributed by atoms with Crippen molar-refractivity contribution in [3.63, 3.8) is 0 Å². The van der Waals surface area contributed by atoms with E-state index in [0.717, 1.165) is 37.5 Å². The summed E-state index contributed by atoms with van der Waals surface area (Å²) in [7, 11) is 0. The second-order valence-electron chi connectivity index (χ2n) is 6.23. The Labute approximate surface area is 163 Å². The number of imidazole rings is 1. The predicted molar refractivity (Wildman–Crippen MR) is 106 cm³/mol. The summed E-state index contributed by atoms with van der Waals surface area (Å²) in [6.45, 7) is 6.19. The molecule has 5 nitrogen and oxygen atoms in total. The van der Waals surface area contributed by atoms with E-state index < -0.39 is 0 Å². The maximum atomic E-state index is 13.1. The smallest absolute Gasteiger partial charge is 0.263 e. The number of nitrogens with one attached hydrogen (secondary N) is 1. The molecule has 0 fully saturated rings. The lowest BCUT2D eigenvalue weighted by Crippen LogP contribution is -2.22. The van der Waals surface area contributed by atoms with Crippen molar-refractivity contribution in [2.75, 3.05) is 0 Å². The summed E-state index contributed by atoms with van der Waals surface area (Å²) in [5.41, 5.74) is 3.47. The molecule has 3 heterocycles. The highest BCUT2D eigenvalue weighted by Gasteiger charge is 2.16. The van der Waals surface area contributed by atoms with Gasteiger partial charge >= 0.3 is 0 Å². The molecule has 0 unspecified atom stereocenters. The lowest BCUT2D eigenvalue weighted by molar-refractivity contribution is 0.0954. The molecule has 0 atom stereocenters. The zero-order valence-corrected chi connectivity index (χ0v) is 16.7. The second kappa shape index (κ2) is 6.86. The monoisotopic (exact) mass is 400 g/mol. The Hall–Kier alpha value is -2.58. The van der Waals surface area contributed by atoms with Gasteiger partial charge in [0.25, 0.3) is 5.91 Å². The minimum absolute atomic E-state index is 0.101. The summed E-state index contributed by atoms with van der Waals surface area (Å²) in [5.74, 6) is -0.365. The van der Waals surface area contributed by atoms with E-state index in [2.05, 4.69) is 15.3 Å². The first-order valence-corrected chi connectivity index (χ1v) is 10.0. The molecule has 138 valence electrons. The van der Waals surface area contributed by atoms with Crippen molar-refractivity contribution in [3.8, 4) is 11.3 Å². The summed E-state index contributed by atoms with van der Waals surface area (Å²) in [4.78, 5) is 23.9. The highest BCUT2D eigenvalue weighted by molar-refractivity contribution is 7.17. The third-order valence-electron chi connectivity index (χ3n) is 4.31. The first kappa shape index (κ1) is 17.8. The van der Waals surface area contributed by atoms with Crippen molar-refractivity contribution in [3.05, 3.63) is 62.4 Å². The topological polar surface area (TPSA) is 59.3 Å². The predicted octanol–water partition coefficient (Wildman–Crippen LogP) is 4.51. The van der Waals surface area contributed by atoms with Gasteiger partial charge in [0.1, 0.15) is 10.7 Å². The number of amides is 1. The van der Waals surface area contributed by atoms with Gasteiger partial charge in [-0.1, -0.05) is 11.3 Å². The lowest BCUT2D eigenvalue weighted by atomic mass is 10.2. The third kappa shape index (κ3) is 3.38. The lowest BCUT2D eigenvalue weighted by Gasteiger charge is -2.03. The van der Waals surface area contributed by atoms with Crippen LogP contribution in [0, 0.1) is 26.6 Å². The number of benzene rings is 1. The molecule has 0 radical (unpaired) electrons. The number of thiazole rings is 2. The maximum absolute atomic E-state index is 13.1. The normalized spacial score (nSPS) is 11.3. The fraction of sp³-hybridized carbons (Fsp3) is 0.211. The highest BCUT2D eigenvalue weighted by Crippen LogP contribution is 2.27. The van der Waals surface area contributed by atoms with Crippen molar-refractivity contribution in [2.45, 2.75) is 27.3 Å². The molecular formula is C19H17FN4OS2. The van der Waals surface area contributed by atoms with Crippen molar-refractivity contribution in [1.29, 1.82) is 0 Å². The van der Waals surface area contributed by atoms with Gasteiger partial charge in [-0.15, -0.1) is 11.3 Å². The molecule has 1 amide bonds. The first-order valence-electron chi connectivity index (χ1n) is 8.38. The second-order valence-corrected chi connectivity index (χ2v) is 8.49. The van der Waals surface area contributed by atoms with Gasteiger partial charge in [-0.05, 0) is 45.0 Å². The fourth-order valence-corrected chi connectivity index (χ4v) is 4.78. The summed E-state index contributed by atoms with van der Waals surface area (Å²) >= 11 is 2.95. The first-order chi connectivity index (χ1) is 12.9. The molecule has 0 saturated carbocycles. The summed E-state index contributed by atoms with van der Waals surface area (Å²) in [6, 6.07) is 6.30. The van der Waals surface area contributed by atoms with Crippen molar-refractivity contribution >= 4 is 33.5 Å². The third-order valence-corrected chi connectivity index (χ3v) is 6.54. The molecule has 3 aromatic heterocycles. The fourth-order valence-electron chi connectivity index (χ4n) is 2.90. The molecule has 0 aliphatic heterocycles. The maximum Gasteiger partial charge on any atom is 0.263 e. The zero-order chi connectivity index (χ0) is 19.1. The number of hydrogen-bond acceptors (Lipinski definition) is 5. The van der Waals surface area contributed by atoms with Crippen LogP contribution in [0.4, 0.5) is 4.39 Å². The van der Waals surface area contributed by atoms with Crippen LogP contribution in [0.1, 0.15) is 30.9 Å². The quantitative estimate of drug-likeness (QED) is 0.548. The Morgan fingerprint density at radius 2 is 1.89 bits per heavy atom. The van der Waals surface area contributed by atoms with E-state index in [1.54, 1.807) is 12.1 Å². The standard InChI is InChI=1S/C19H17FN4OS2/c1-10-17(26-12(3)22-10)18(25)21-8-16-11(2)24-9-15(23-19(24)27-16)13-4-6-14(20)7-5-13/h4-7,9H,8H2,1-3H3,(H,21,25). The van der Waals surface area contributed by atoms with Gasteiger partial charge in [0, 0.05) is 22.3 Å². The zero-order valence-electron chi connectivity index (χ0n) is 15.0. The number of hydrogen-bond donors (Lipinski definition) is 1. The van der Waals surface area contributed by atoms with E-state index >= 15 is 0 Å². The number of halogens is 1. The van der Waals surface area contributed by atoms with Crippen LogP contribution in [-0.4, -0.2) is 20.3 Å². The van der Waals surface area contributed by atoms with Gasteiger partial charge in [-0.3, -0.25) is 9.20 Å². The van der Waals surface area contributed by atoms with Crippen LogP contribution in [0.3, 0.4) is 0 Å². The molecule has 27 heavy (non-hydrogen) atoms. The largest absolute Gasteiger partial charge is 0.346 e. The molecule has 8 heteroatoms. The number of carbonyl (C=O) groups excluding carboxylic acids is 1. The van der Waals surface area contributed by atoms with E-state index in [4.69, 9.17) is 0 Å². The Balaban J connectivity index is 1.54. The average molecular weight is 401 g/mol. The molecule has 4 rings (SSSR count). The van der Waals surface area contributed by atoms with Gasteiger partial charge in [0.15, 0.2) is 4.96 Å². The molecule has 0 saturated heterocycles. The minimum Gasteiger partial charge on any atom is -0.346 e. The molecule has 4 aromatic rings. The van der Waals surface area contributed by atoms with Crippen LogP contribution in [0.15, 0.2) is 30.5 Å². The Kier molecular flexibility index (Phi) is 4.53. The SMILES string of the molecule is Cc1nc(C)c(C(=O)NCc2sc3nc(-c4ccc(F)cc4)cn3c2C)s1. The van der Waals surface area contributed by atoms with Crippen LogP contribution in [0.2, 0.25) is 0 Å². The van der Waals surface area contributed by atoms with E-state index in [9.17, 15) is 9.18 Å². The molecule has 0 aliphatic carbocycles. The van der Waals surface area contributed by atoms with Gasteiger partial charge in [-0.25, -0.2) is 14.4 Å². The van der Waals surface area contributed by atoms with Gasteiger partial charge in [-0.2, -0.15) is 0 Å². The van der Waals surface area contributed by atoms with Crippen LogP contribution in [-0.2, 0) is 6.54 Å². The number of fused-ring (bicyclic) bond motifs is 1. The molecule has 0 aliphatic rings. The van der Waals surface area contributed by atoms with Crippen LogP contribution < -0.4 is 5.32 Å². The van der Waals surface area contributed by atoms with Gasteiger partial charge in [0.05, 0.1) is 22.9 Å². The van der Waals surface area contributed by atoms with Crippen LogP contribution in [0.5, 0.6) is 0 Å². The Morgan fingerprint density at radius 3 is 2.52 bits per heavy atom. The Morgan fingerprint density at radius 1 is 1.15 bits per heavy atom.